The van der Waals surface area contributed by atoms with Gasteiger partial charge in [0, 0.05) is 43.7 Å². The van der Waals surface area contributed by atoms with Gasteiger partial charge >= 0.3 is 0 Å². The summed E-state index contributed by atoms with van der Waals surface area (Å²) < 4.78 is 0. The molecule has 550 valence electrons. The zero-order chi connectivity index (χ0) is 77.8. The van der Waals surface area contributed by atoms with Gasteiger partial charge in [0.25, 0.3) is 0 Å². The van der Waals surface area contributed by atoms with E-state index < -0.39 is 10.8 Å². The third-order valence-electron chi connectivity index (χ3n) is 28.6. The maximum Gasteiger partial charge on any atom is 0.0642 e. The van der Waals surface area contributed by atoms with Crippen molar-refractivity contribution in [2.75, 3.05) is 9.80 Å². The Morgan fingerprint density at radius 2 is 0.492 bits per heavy atom. The molecule has 2 nitrogen and oxygen atoms in total. The first-order valence-corrected chi connectivity index (χ1v) is 41.8. The summed E-state index contributed by atoms with van der Waals surface area (Å²) in [6.07, 6.45) is 0. The minimum Gasteiger partial charge on any atom is -0.309 e. The number of rotatable bonds is 9. The number of hydrogen-bond acceptors (Lipinski definition) is 2. The lowest BCUT2D eigenvalue weighted by Crippen LogP contribution is -2.50. The molecule has 2 heteroatoms. The fourth-order valence-corrected chi connectivity index (χ4v) is 23.8. The standard InChI is InChI=1S/C116H76N2/c1-113(2)93-43-21-19-37-83(93)85-59-55-79(65-97(85)113)117(101-63-53-75-47-45-71-27-23-29-73-49-57-91(101)107(75)105(71)73)103-67-99-111(89-41-17-15-39-87(89)103)109-81-35-13-11-25-69(81)51-61-95(109)115(99,77-31-7-5-8-32-77)116(78-33-9-6-10-34-78)96-62-52-70-26-12-14-36-82(70)110(96)112-90-42-18-16-40-88(90)104(68-100(112)116)118(80-56-60-86-84-38-20-22-44-94(84)114(3,4)98(86)66-80)102-64-54-76-48-46-72-28-24-30-74-50-58-92(102)108(76)106(72)74/h5-68H,1-4H3. The van der Waals surface area contributed by atoms with Crippen molar-refractivity contribution in [3.8, 4) is 44.5 Å². The average molecular weight is 1500 g/mol. The zero-order valence-corrected chi connectivity index (χ0v) is 65.8. The van der Waals surface area contributed by atoms with Gasteiger partial charge in [-0.25, -0.2) is 0 Å². The zero-order valence-electron chi connectivity index (χ0n) is 65.8. The second-order valence-corrected chi connectivity index (χ2v) is 34.7. The van der Waals surface area contributed by atoms with E-state index in [0.717, 1.165) is 34.1 Å². The highest BCUT2D eigenvalue weighted by atomic mass is 15.2. The minimum atomic E-state index is -1.11. The van der Waals surface area contributed by atoms with Gasteiger partial charge in [-0.1, -0.05) is 367 Å². The molecular weight excluding hydrogens is 1420 g/mol. The van der Waals surface area contributed by atoms with Crippen LogP contribution in [0.1, 0.15) is 83.3 Å². The number of hydrogen-bond donors (Lipinski definition) is 0. The Labute approximate surface area is 684 Å². The lowest BCUT2D eigenvalue weighted by atomic mass is 9.49. The van der Waals surface area contributed by atoms with Gasteiger partial charge in [0.15, 0.2) is 0 Å². The Morgan fingerprint density at radius 3 is 0.915 bits per heavy atom. The van der Waals surface area contributed by atoms with Crippen LogP contribution < -0.4 is 9.80 Å². The van der Waals surface area contributed by atoms with Crippen LogP contribution in [-0.4, -0.2) is 0 Å². The third kappa shape index (κ3) is 8.36. The van der Waals surface area contributed by atoms with Crippen LogP contribution in [0.4, 0.5) is 34.1 Å². The molecule has 4 aliphatic rings. The summed E-state index contributed by atoms with van der Waals surface area (Å²) in [5, 5.41) is 24.5. The van der Waals surface area contributed by atoms with Crippen LogP contribution in [0.2, 0.25) is 0 Å². The average Bonchev–Trinajstić information content (AvgIpc) is 1.46. The van der Waals surface area contributed by atoms with E-state index in [-0.39, 0.29) is 10.8 Å². The van der Waals surface area contributed by atoms with Crippen LogP contribution in [-0.2, 0) is 21.7 Å². The van der Waals surface area contributed by atoms with Crippen molar-refractivity contribution < 1.29 is 0 Å². The Balaban J connectivity index is 0.855. The first-order chi connectivity index (χ1) is 58.1. The van der Waals surface area contributed by atoms with E-state index in [1.807, 2.05) is 0 Å². The molecule has 0 saturated carbocycles. The normalized spacial score (nSPS) is 16.3. The lowest BCUT2D eigenvalue weighted by molar-refractivity contribution is 0.438. The highest BCUT2D eigenvalue weighted by molar-refractivity contribution is 6.29. The molecule has 0 spiro atoms. The molecule has 22 aromatic rings. The molecule has 2 atom stereocenters. The Morgan fingerprint density at radius 1 is 0.178 bits per heavy atom. The van der Waals surface area contributed by atoms with E-state index >= 15 is 0 Å². The summed E-state index contributed by atoms with van der Waals surface area (Å²) >= 11 is 0. The molecule has 0 N–H and O–H groups in total. The maximum atomic E-state index is 2.73. The molecule has 0 aliphatic heterocycles. The van der Waals surface area contributed by atoms with Crippen LogP contribution >= 0.6 is 0 Å². The third-order valence-corrected chi connectivity index (χ3v) is 28.6. The van der Waals surface area contributed by atoms with Gasteiger partial charge in [-0.3, -0.25) is 0 Å². The van der Waals surface area contributed by atoms with E-state index in [4.69, 9.17) is 0 Å². The van der Waals surface area contributed by atoms with Gasteiger partial charge < -0.3 is 9.80 Å². The second kappa shape index (κ2) is 23.6. The van der Waals surface area contributed by atoms with Crippen molar-refractivity contribution in [1.29, 1.82) is 0 Å². The first kappa shape index (κ1) is 65.9. The molecule has 0 radical (unpaired) electrons. The molecule has 22 aromatic carbocycles. The summed E-state index contributed by atoms with van der Waals surface area (Å²) in [6, 6.07) is 152. The number of benzene rings is 22. The van der Waals surface area contributed by atoms with Gasteiger partial charge in [-0.2, -0.15) is 0 Å². The Hall–Kier alpha value is -14.4. The Kier molecular flexibility index (Phi) is 13.2. The van der Waals surface area contributed by atoms with Crippen molar-refractivity contribution >= 4 is 142 Å². The van der Waals surface area contributed by atoms with Gasteiger partial charge in [0.1, 0.15) is 0 Å². The largest absolute Gasteiger partial charge is 0.309 e. The molecule has 118 heavy (non-hydrogen) atoms. The van der Waals surface area contributed by atoms with Crippen LogP contribution in [0.3, 0.4) is 0 Å². The van der Waals surface area contributed by atoms with Gasteiger partial charge in [0.05, 0.1) is 33.6 Å². The van der Waals surface area contributed by atoms with Crippen LogP contribution in [0, 0.1) is 0 Å². The van der Waals surface area contributed by atoms with Gasteiger partial charge in [0.2, 0.25) is 0 Å². The molecule has 0 fully saturated rings. The summed E-state index contributed by atoms with van der Waals surface area (Å²) in [5.41, 5.74) is 26.8. The van der Waals surface area contributed by atoms with Crippen molar-refractivity contribution in [3.05, 3.63) is 444 Å². The van der Waals surface area contributed by atoms with Crippen molar-refractivity contribution in [2.45, 2.75) is 49.4 Å². The molecule has 0 aromatic heterocycles. The molecule has 0 bridgehead atoms. The van der Waals surface area contributed by atoms with Crippen LogP contribution in [0.25, 0.3) is 152 Å². The number of nitrogens with zero attached hydrogens (tertiary/aromatic N) is 2. The summed E-state index contributed by atoms with van der Waals surface area (Å²) in [5.74, 6) is 0. The predicted molar refractivity (Wildman–Crippen MR) is 498 cm³/mol. The fourth-order valence-electron chi connectivity index (χ4n) is 23.8. The number of fused-ring (bicyclic) bond motifs is 20. The fraction of sp³-hybridized carbons (Fsp3) is 0.0690. The second-order valence-electron chi connectivity index (χ2n) is 34.7. The van der Waals surface area contributed by atoms with Crippen LogP contribution in [0.15, 0.2) is 388 Å². The van der Waals surface area contributed by atoms with E-state index in [0.29, 0.717) is 0 Å². The summed E-state index contributed by atoms with van der Waals surface area (Å²) in [4.78, 5) is 5.39. The van der Waals surface area contributed by atoms with Crippen molar-refractivity contribution in [1.82, 2.24) is 0 Å². The molecule has 4 aliphatic carbocycles. The van der Waals surface area contributed by atoms with Gasteiger partial charge in [-0.05, 0) is 235 Å². The van der Waals surface area contributed by atoms with Gasteiger partial charge in [-0.15, -0.1) is 0 Å². The molecular formula is C116H76N2. The smallest absolute Gasteiger partial charge is 0.0642 e. The molecule has 0 amide bonds. The monoisotopic (exact) mass is 1500 g/mol. The SMILES string of the molecule is CC1(C)c2ccccc2-c2ccc(N(c3cc4c(c5ccccc35)-c3c(ccc5ccccc35)C4(c3ccccc3)C3(c4ccccc4)c4ccc5ccccc5c4-c4c3cc(N(c3ccc5c(c3)C(C)(C)c3ccccc3-5)c3ccc5ccc6cccc7ccc3c5c67)c3ccccc43)c3ccc4ccc5cccc6ccc3c4c56)cc21. The molecule has 0 heterocycles. The first-order valence-electron chi connectivity index (χ1n) is 41.8. The quantitative estimate of drug-likeness (QED) is 0.133. The number of anilines is 6. The molecule has 2 unspecified atom stereocenters. The summed E-state index contributed by atoms with van der Waals surface area (Å²) in [7, 11) is 0. The Bertz CT molecular complexity index is 7630. The van der Waals surface area contributed by atoms with E-state index in [9.17, 15) is 0 Å². The van der Waals surface area contributed by atoms with Crippen LogP contribution in [0.5, 0.6) is 0 Å². The van der Waals surface area contributed by atoms with E-state index in [1.165, 1.54) is 208 Å². The highest BCUT2D eigenvalue weighted by Crippen LogP contribution is 2.74. The minimum absolute atomic E-state index is 0.293. The van der Waals surface area contributed by atoms with Crippen molar-refractivity contribution in [2.24, 2.45) is 0 Å². The molecule has 26 rings (SSSR count). The van der Waals surface area contributed by atoms with E-state index in [2.05, 4.69) is 426 Å². The van der Waals surface area contributed by atoms with E-state index in [1.54, 1.807) is 0 Å². The highest BCUT2D eigenvalue weighted by Gasteiger charge is 2.66. The lowest BCUT2D eigenvalue weighted by Gasteiger charge is -2.51. The van der Waals surface area contributed by atoms with Crippen molar-refractivity contribution in [3.63, 3.8) is 0 Å². The topological polar surface area (TPSA) is 6.48 Å². The predicted octanol–water partition coefficient (Wildman–Crippen LogP) is 31.0. The summed E-state index contributed by atoms with van der Waals surface area (Å²) in [6.45, 7) is 9.71. The maximum absolute atomic E-state index is 2.73. The molecule has 0 saturated heterocycles.